The molecule has 2 aliphatic carbocycles. The van der Waals surface area contributed by atoms with Crippen molar-refractivity contribution in [3.63, 3.8) is 0 Å². The zero-order valence-corrected chi connectivity index (χ0v) is 9.23. The Hall–Kier alpha value is -1.38. The number of fused-ring (bicyclic) bond motifs is 2. The minimum absolute atomic E-state index is 0.0330. The molecule has 2 saturated carbocycles. The number of nitrogens with zero attached hydrogens (tertiary/aromatic N) is 1. The van der Waals surface area contributed by atoms with E-state index in [0.29, 0.717) is 11.6 Å². The van der Waals surface area contributed by atoms with E-state index in [1.165, 1.54) is 25.7 Å². The molecule has 84 valence electrons. The molecule has 3 heteroatoms. The first-order chi connectivity index (χ1) is 7.83. The van der Waals surface area contributed by atoms with Crippen molar-refractivity contribution in [3.05, 3.63) is 30.1 Å². The fourth-order valence-electron chi connectivity index (χ4n) is 3.17. The average molecular weight is 216 g/mol. The van der Waals surface area contributed by atoms with Crippen molar-refractivity contribution in [1.29, 1.82) is 0 Å². The second-order valence-corrected chi connectivity index (χ2v) is 5.00. The van der Waals surface area contributed by atoms with Crippen molar-refractivity contribution >= 4 is 5.91 Å². The van der Waals surface area contributed by atoms with Crippen LogP contribution in [0, 0.1) is 11.8 Å². The standard InChI is InChI=1S/C13H16N2O/c16-13(11-2-1-5-14-8-11)15-12-7-9-3-4-10(12)6-9/h1-2,5,8-10,12H,3-4,6-7H2,(H,15,16)/t9-,10-,12+/m1/s1. The lowest BCUT2D eigenvalue weighted by Gasteiger charge is -2.22. The van der Waals surface area contributed by atoms with Gasteiger partial charge in [-0.05, 0) is 43.2 Å². The molecule has 2 fully saturated rings. The van der Waals surface area contributed by atoms with Crippen LogP contribution in [0.15, 0.2) is 24.5 Å². The maximum absolute atomic E-state index is 11.9. The van der Waals surface area contributed by atoms with Crippen molar-refractivity contribution in [3.8, 4) is 0 Å². The van der Waals surface area contributed by atoms with Crippen LogP contribution in [0.5, 0.6) is 0 Å². The third-order valence-corrected chi connectivity index (χ3v) is 3.98. The van der Waals surface area contributed by atoms with E-state index < -0.39 is 0 Å². The Balaban J connectivity index is 1.65. The maximum Gasteiger partial charge on any atom is 0.253 e. The van der Waals surface area contributed by atoms with E-state index in [2.05, 4.69) is 10.3 Å². The Bertz CT molecular complexity index is 390. The van der Waals surface area contributed by atoms with Crippen LogP contribution in [-0.4, -0.2) is 16.9 Å². The molecule has 16 heavy (non-hydrogen) atoms. The number of hydrogen-bond acceptors (Lipinski definition) is 2. The van der Waals surface area contributed by atoms with Gasteiger partial charge in [0, 0.05) is 18.4 Å². The first kappa shape index (κ1) is 9.82. The number of amides is 1. The first-order valence-electron chi connectivity index (χ1n) is 6.04. The molecule has 1 amide bonds. The van der Waals surface area contributed by atoms with Gasteiger partial charge in [0.25, 0.3) is 5.91 Å². The number of hydrogen-bond donors (Lipinski definition) is 1. The third kappa shape index (κ3) is 1.70. The Morgan fingerprint density at radius 1 is 1.38 bits per heavy atom. The molecule has 1 aromatic heterocycles. The van der Waals surface area contributed by atoms with Gasteiger partial charge < -0.3 is 5.32 Å². The summed E-state index contributed by atoms with van der Waals surface area (Å²) >= 11 is 0. The Morgan fingerprint density at radius 3 is 2.94 bits per heavy atom. The summed E-state index contributed by atoms with van der Waals surface area (Å²) in [5.41, 5.74) is 0.672. The third-order valence-electron chi connectivity index (χ3n) is 3.98. The molecular weight excluding hydrogens is 200 g/mol. The van der Waals surface area contributed by atoms with Gasteiger partial charge in [-0.15, -0.1) is 0 Å². The van der Waals surface area contributed by atoms with E-state index in [4.69, 9.17) is 0 Å². The highest BCUT2D eigenvalue weighted by molar-refractivity contribution is 5.94. The van der Waals surface area contributed by atoms with E-state index in [1.54, 1.807) is 18.5 Å². The van der Waals surface area contributed by atoms with Crippen LogP contribution in [0.25, 0.3) is 0 Å². The summed E-state index contributed by atoms with van der Waals surface area (Å²) in [4.78, 5) is 15.9. The number of carbonyl (C=O) groups excluding carboxylic acids is 1. The molecule has 0 aliphatic heterocycles. The normalized spacial score (nSPS) is 31.6. The number of carbonyl (C=O) groups is 1. The molecule has 2 aliphatic rings. The van der Waals surface area contributed by atoms with E-state index >= 15 is 0 Å². The monoisotopic (exact) mass is 216 g/mol. The molecule has 2 bridgehead atoms. The van der Waals surface area contributed by atoms with Crippen LogP contribution in [0.2, 0.25) is 0 Å². The summed E-state index contributed by atoms with van der Waals surface area (Å²) in [5.74, 6) is 1.63. The minimum Gasteiger partial charge on any atom is -0.349 e. The van der Waals surface area contributed by atoms with Gasteiger partial charge in [-0.1, -0.05) is 6.42 Å². The maximum atomic E-state index is 11.9. The van der Waals surface area contributed by atoms with Crippen molar-refractivity contribution in [2.75, 3.05) is 0 Å². The molecule has 3 nitrogen and oxygen atoms in total. The lowest BCUT2D eigenvalue weighted by atomic mass is 9.95. The lowest BCUT2D eigenvalue weighted by Crippen LogP contribution is -2.38. The number of pyridine rings is 1. The van der Waals surface area contributed by atoms with Gasteiger partial charge in [0.1, 0.15) is 0 Å². The zero-order chi connectivity index (χ0) is 11.0. The highest BCUT2D eigenvalue weighted by Crippen LogP contribution is 2.44. The molecule has 1 N–H and O–H groups in total. The van der Waals surface area contributed by atoms with Crippen LogP contribution in [-0.2, 0) is 0 Å². The molecule has 0 aromatic carbocycles. The van der Waals surface area contributed by atoms with Gasteiger partial charge in [0.2, 0.25) is 0 Å². The van der Waals surface area contributed by atoms with Gasteiger partial charge in [0.15, 0.2) is 0 Å². The number of aromatic nitrogens is 1. The average Bonchev–Trinajstić information content (AvgIpc) is 2.92. The number of rotatable bonds is 2. The summed E-state index contributed by atoms with van der Waals surface area (Å²) in [6.45, 7) is 0. The van der Waals surface area contributed by atoms with E-state index in [9.17, 15) is 4.79 Å². The van der Waals surface area contributed by atoms with Crippen molar-refractivity contribution in [1.82, 2.24) is 10.3 Å². The molecule has 1 heterocycles. The highest BCUT2D eigenvalue weighted by atomic mass is 16.1. The summed E-state index contributed by atoms with van der Waals surface area (Å²) < 4.78 is 0. The fraction of sp³-hybridized carbons (Fsp3) is 0.538. The van der Waals surface area contributed by atoms with Gasteiger partial charge >= 0.3 is 0 Å². The van der Waals surface area contributed by atoms with Gasteiger partial charge in [0.05, 0.1) is 5.56 Å². The first-order valence-corrected chi connectivity index (χ1v) is 6.04. The fourth-order valence-corrected chi connectivity index (χ4v) is 3.17. The zero-order valence-electron chi connectivity index (χ0n) is 9.23. The topological polar surface area (TPSA) is 42.0 Å². The molecule has 3 rings (SSSR count). The molecular formula is C13H16N2O. The quantitative estimate of drug-likeness (QED) is 0.821. The van der Waals surface area contributed by atoms with Crippen LogP contribution in [0.4, 0.5) is 0 Å². The molecule has 0 spiro atoms. The SMILES string of the molecule is O=C(N[C@H]1C[C@@H]2CC[C@@H]1C2)c1cccnc1. The second kappa shape index (κ2) is 3.89. The molecule has 0 radical (unpaired) electrons. The van der Waals surface area contributed by atoms with Gasteiger partial charge in [-0.3, -0.25) is 9.78 Å². The lowest BCUT2D eigenvalue weighted by molar-refractivity contribution is 0.0922. The Kier molecular flexibility index (Phi) is 2.39. The molecule has 0 unspecified atom stereocenters. The molecule has 1 aromatic rings. The highest BCUT2D eigenvalue weighted by Gasteiger charge is 2.40. The molecule has 0 saturated heterocycles. The van der Waals surface area contributed by atoms with E-state index in [1.807, 2.05) is 6.07 Å². The Morgan fingerprint density at radius 2 is 2.31 bits per heavy atom. The largest absolute Gasteiger partial charge is 0.349 e. The minimum atomic E-state index is 0.0330. The second-order valence-electron chi connectivity index (χ2n) is 5.00. The van der Waals surface area contributed by atoms with E-state index in [-0.39, 0.29) is 5.91 Å². The van der Waals surface area contributed by atoms with Gasteiger partial charge in [-0.25, -0.2) is 0 Å². The summed E-state index contributed by atoms with van der Waals surface area (Å²) in [5, 5.41) is 3.15. The van der Waals surface area contributed by atoms with Gasteiger partial charge in [-0.2, -0.15) is 0 Å². The van der Waals surface area contributed by atoms with Crippen molar-refractivity contribution < 1.29 is 4.79 Å². The van der Waals surface area contributed by atoms with Crippen molar-refractivity contribution in [2.24, 2.45) is 11.8 Å². The van der Waals surface area contributed by atoms with E-state index in [0.717, 1.165) is 11.8 Å². The summed E-state index contributed by atoms with van der Waals surface area (Å²) in [7, 11) is 0. The smallest absolute Gasteiger partial charge is 0.253 e. The summed E-state index contributed by atoms with van der Waals surface area (Å²) in [6.07, 6.45) is 8.47. The predicted molar refractivity (Wildman–Crippen MR) is 60.9 cm³/mol. The summed E-state index contributed by atoms with van der Waals surface area (Å²) in [6, 6.07) is 4.03. The number of nitrogens with one attached hydrogen (secondary N) is 1. The van der Waals surface area contributed by atoms with Crippen LogP contribution < -0.4 is 5.32 Å². The van der Waals surface area contributed by atoms with Crippen LogP contribution in [0.1, 0.15) is 36.0 Å². The van der Waals surface area contributed by atoms with Crippen LogP contribution in [0.3, 0.4) is 0 Å². The van der Waals surface area contributed by atoms with Crippen LogP contribution >= 0.6 is 0 Å². The van der Waals surface area contributed by atoms with Crippen molar-refractivity contribution in [2.45, 2.75) is 31.7 Å². The predicted octanol–water partition coefficient (Wildman–Crippen LogP) is 2.00. The molecule has 3 atom stereocenters. The Labute approximate surface area is 95.3 Å².